The van der Waals surface area contributed by atoms with Crippen LogP contribution in [0, 0.1) is 0 Å². The van der Waals surface area contributed by atoms with E-state index in [4.69, 9.17) is 0 Å². The van der Waals surface area contributed by atoms with Gasteiger partial charge in [0.15, 0.2) is 11.6 Å². The molecule has 0 aliphatic heterocycles. The Morgan fingerprint density at radius 3 is 1.29 bits per heavy atom. The third kappa shape index (κ3) is 4.24. The predicted molar refractivity (Wildman–Crippen MR) is 172 cm³/mol. The van der Waals surface area contributed by atoms with Crippen molar-refractivity contribution in [2.75, 3.05) is 10.6 Å². The summed E-state index contributed by atoms with van der Waals surface area (Å²) in [5, 5.41) is 11.8. The largest absolute Gasteiger partial charge is 0.378 e. The van der Waals surface area contributed by atoms with E-state index in [-0.39, 0.29) is 23.7 Å². The summed E-state index contributed by atoms with van der Waals surface area (Å²) in [5.74, 6) is -0.288. The molecule has 2 atom stereocenters. The lowest BCUT2D eigenvalue weighted by Crippen LogP contribution is -2.25. The summed E-state index contributed by atoms with van der Waals surface area (Å²) in [6, 6.07) is 39.9. The molecule has 2 unspecified atom stereocenters. The van der Waals surface area contributed by atoms with Crippen molar-refractivity contribution in [3.05, 3.63) is 155 Å². The highest BCUT2D eigenvalue weighted by Crippen LogP contribution is 2.39. The summed E-state index contributed by atoms with van der Waals surface area (Å²) in [5.41, 5.74) is 5.28. The van der Waals surface area contributed by atoms with Crippen LogP contribution >= 0.6 is 0 Å². The summed E-state index contributed by atoms with van der Waals surface area (Å²) in [4.78, 5) is 28.1. The van der Waals surface area contributed by atoms with Gasteiger partial charge in [-0.25, -0.2) is 0 Å². The van der Waals surface area contributed by atoms with Crippen LogP contribution in [0.2, 0.25) is 0 Å². The first-order valence-corrected chi connectivity index (χ1v) is 14.3. The normalized spacial score (nSPS) is 13.9. The minimum atomic E-state index is -0.144. The third-order valence-electron chi connectivity index (χ3n) is 8.40. The molecule has 0 saturated carbocycles. The monoisotopic (exact) mass is 546 g/mol. The van der Waals surface area contributed by atoms with Gasteiger partial charge in [0, 0.05) is 34.6 Å². The molecule has 0 saturated heterocycles. The molecule has 0 radical (unpaired) electrons. The topological polar surface area (TPSA) is 58.2 Å². The minimum absolute atomic E-state index is 0.103. The van der Waals surface area contributed by atoms with Crippen LogP contribution in [0.1, 0.15) is 68.9 Å². The number of rotatable bonds is 6. The van der Waals surface area contributed by atoms with Gasteiger partial charge in [0.1, 0.15) is 0 Å². The smallest absolute Gasteiger partial charge is 0.196 e. The number of carbonyl (C=O) groups excluding carboxylic acids is 2. The number of hydrogen-bond donors (Lipinski definition) is 2. The highest BCUT2D eigenvalue weighted by Gasteiger charge is 2.34. The van der Waals surface area contributed by atoms with E-state index < -0.39 is 0 Å². The highest BCUT2D eigenvalue weighted by molar-refractivity contribution is 6.32. The van der Waals surface area contributed by atoms with Crippen LogP contribution in [0.25, 0.3) is 21.5 Å². The van der Waals surface area contributed by atoms with Crippen LogP contribution in [0.5, 0.6) is 0 Å². The van der Waals surface area contributed by atoms with E-state index in [2.05, 4.69) is 85.1 Å². The zero-order valence-electron chi connectivity index (χ0n) is 23.5. The number of hydrogen-bond acceptors (Lipinski definition) is 4. The van der Waals surface area contributed by atoms with E-state index in [0.717, 1.165) is 32.7 Å². The zero-order chi connectivity index (χ0) is 28.8. The lowest BCUT2D eigenvalue weighted by Gasteiger charge is -2.27. The molecule has 204 valence electrons. The number of benzene rings is 6. The Labute approximate surface area is 245 Å². The average molecular weight is 547 g/mol. The SMILES string of the molecule is CC(Nc1ccc(NC(C)c2cccc3ccccc23)c2c1C(=O)c1ccccc1C2=O)c1cccc2ccccc12. The number of ketones is 2. The highest BCUT2D eigenvalue weighted by atomic mass is 16.1. The van der Waals surface area contributed by atoms with Gasteiger partial charge in [-0.2, -0.15) is 0 Å². The van der Waals surface area contributed by atoms with Gasteiger partial charge in [-0.3, -0.25) is 9.59 Å². The maximum atomic E-state index is 14.1. The Hall–Kier alpha value is -5.22. The molecule has 0 aromatic heterocycles. The van der Waals surface area contributed by atoms with Crippen molar-refractivity contribution in [1.82, 2.24) is 0 Å². The second-order valence-electron chi connectivity index (χ2n) is 11.0. The molecular weight excluding hydrogens is 516 g/mol. The van der Waals surface area contributed by atoms with Crippen LogP contribution in [0.3, 0.4) is 0 Å². The molecule has 0 heterocycles. The fraction of sp³-hybridized carbons (Fsp3) is 0.105. The molecule has 1 aliphatic rings. The predicted octanol–water partition coefficient (Wildman–Crippen LogP) is 9.11. The summed E-state index contributed by atoms with van der Waals surface area (Å²) in [6.07, 6.45) is 0. The fourth-order valence-electron chi connectivity index (χ4n) is 6.34. The molecule has 0 amide bonds. The molecule has 0 fully saturated rings. The van der Waals surface area contributed by atoms with Crippen molar-refractivity contribution in [3.8, 4) is 0 Å². The van der Waals surface area contributed by atoms with E-state index >= 15 is 0 Å². The first-order chi connectivity index (χ1) is 20.5. The molecule has 0 spiro atoms. The Kier molecular flexibility index (Phi) is 6.32. The number of carbonyl (C=O) groups is 2. The van der Waals surface area contributed by atoms with Crippen molar-refractivity contribution in [1.29, 1.82) is 0 Å². The zero-order valence-corrected chi connectivity index (χ0v) is 23.5. The second kappa shape index (κ2) is 10.3. The molecular formula is C38H30N2O2. The number of nitrogens with one attached hydrogen (secondary N) is 2. The van der Waals surface area contributed by atoms with Gasteiger partial charge < -0.3 is 10.6 Å². The first-order valence-electron chi connectivity index (χ1n) is 14.3. The summed E-state index contributed by atoms with van der Waals surface area (Å²) in [6.45, 7) is 4.18. The van der Waals surface area contributed by atoms with Crippen LogP contribution in [-0.4, -0.2) is 11.6 Å². The van der Waals surface area contributed by atoms with E-state index in [1.807, 2.05) is 48.5 Å². The van der Waals surface area contributed by atoms with E-state index in [1.54, 1.807) is 12.1 Å². The summed E-state index contributed by atoms with van der Waals surface area (Å²) >= 11 is 0. The Morgan fingerprint density at radius 2 is 0.833 bits per heavy atom. The van der Waals surface area contributed by atoms with E-state index in [0.29, 0.717) is 33.6 Å². The lowest BCUT2D eigenvalue weighted by atomic mass is 9.82. The molecule has 6 aromatic carbocycles. The standard InChI is InChI=1S/C38H30N2O2/c1-23(27-19-9-13-25-11-3-5-15-29(25)27)39-33-21-22-34(36-35(33)37(41)31-17-7-8-18-32(31)38(36)42)40-24(2)28-20-10-14-26-12-4-6-16-30(26)28/h3-24,39-40H,1-2H3. The molecule has 4 nitrogen and oxygen atoms in total. The Balaban J connectivity index is 1.33. The average Bonchev–Trinajstić information content (AvgIpc) is 3.03. The molecule has 4 heteroatoms. The van der Waals surface area contributed by atoms with Gasteiger partial charge in [-0.05, 0) is 58.7 Å². The quantitative estimate of drug-likeness (QED) is 0.218. The van der Waals surface area contributed by atoms with Gasteiger partial charge in [0.2, 0.25) is 0 Å². The van der Waals surface area contributed by atoms with Gasteiger partial charge in [0.05, 0.1) is 11.1 Å². The van der Waals surface area contributed by atoms with E-state index in [9.17, 15) is 9.59 Å². The number of fused-ring (bicyclic) bond motifs is 4. The van der Waals surface area contributed by atoms with Crippen molar-refractivity contribution < 1.29 is 9.59 Å². The minimum Gasteiger partial charge on any atom is -0.378 e. The molecule has 7 rings (SSSR count). The third-order valence-corrected chi connectivity index (χ3v) is 8.40. The van der Waals surface area contributed by atoms with Crippen LogP contribution in [0.15, 0.2) is 121 Å². The maximum absolute atomic E-state index is 14.1. The van der Waals surface area contributed by atoms with E-state index in [1.165, 1.54) is 0 Å². The van der Waals surface area contributed by atoms with Crippen LogP contribution < -0.4 is 10.6 Å². The first kappa shape index (κ1) is 25.7. The lowest BCUT2D eigenvalue weighted by molar-refractivity contribution is 0.0980. The van der Waals surface area contributed by atoms with Crippen molar-refractivity contribution in [2.24, 2.45) is 0 Å². The summed E-state index contributed by atoms with van der Waals surface area (Å²) < 4.78 is 0. The molecule has 0 bridgehead atoms. The van der Waals surface area contributed by atoms with Gasteiger partial charge >= 0.3 is 0 Å². The van der Waals surface area contributed by atoms with Gasteiger partial charge in [-0.15, -0.1) is 0 Å². The Morgan fingerprint density at radius 1 is 0.452 bits per heavy atom. The maximum Gasteiger partial charge on any atom is 0.196 e. The second-order valence-corrected chi connectivity index (χ2v) is 11.0. The Bertz CT molecular complexity index is 1870. The van der Waals surface area contributed by atoms with Gasteiger partial charge in [-0.1, -0.05) is 109 Å². The van der Waals surface area contributed by atoms with Crippen molar-refractivity contribution >= 4 is 44.5 Å². The fourth-order valence-corrected chi connectivity index (χ4v) is 6.34. The molecule has 1 aliphatic carbocycles. The van der Waals surface area contributed by atoms with Crippen LogP contribution in [0.4, 0.5) is 11.4 Å². The van der Waals surface area contributed by atoms with Crippen molar-refractivity contribution in [3.63, 3.8) is 0 Å². The number of anilines is 2. The summed E-state index contributed by atoms with van der Waals surface area (Å²) in [7, 11) is 0. The van der Waals surface area contributed by atoms with Gasteiger partial charge in [0.25, 0.3) is 0 Å². The molecule has 42 heavy (non-hydrogen) atoms. The molecule has 2 N–H and O–H groups in total. The van der Waals surface area contributed by atoms with Crippen LogP contribution in [-0.2, 0) is 0 Å². The molecule has 6 aromatic rings. The van der Waals surface area contributed by atoms with Crippen molar-refractivity contribution in [2.45, 2.75) is 25.9 Å².